The Morgan fingerprint density at radius 1 is 0.939 bits per heavy atom. The molecule has 0 aromatic heterocycles. The highest BCUT2D eigenvalue weighted by atomic mass is 35.5. The van der Waals surface area contributed by atoms with Crippen molar-refractivity contribution in [3.63, 3.8) is 0 Å². The Morgan fingerprint density at radius 2 is 1.61 bits per heavy atom. The first-order valence-electron chi connectivity index (χ1n) is 9.41. The number of sulfonamides is 1. The van der Waals surface area contributed by atoms with Crippen molar-refractivity contribution < 1.29 is 17.9 Å². The molecule has 0 aliphatic carbocycles. The van der Waals surface area contributed by atoms with Crippen LogP contribution in [0.5, 0.6) is 5.75 Å². The highest BCUT2D eigenvalue weighted by molar-refractivity contribution is 7.93. The molecule has 0 spiro atoms. The summed E-state index contributed by atoms with van der Waals surface area (Å²) < 4.78 is 33.6. The van der Waals surface area contributed by atoms with Crippen molar-refractivity contribution in [2.45, 2.75) is 11.8 Å². The fourth-order valence-corrected chi connectivity index (χ4v) is 5.43. The molecule has 0 bridgehead atoms. The van der Waals surface area contributed by atoms with Crippen molar-refractivity contribution in [1.29, 1.82) is 0 Å². The fraction of sp³-hybridized carbons (Fsp3) is 0.136. The highest BCUT2D eigenvalue weighted by Gasteiger charge is 2.31. The third kappa shape index (κ3) is 5.67. The second-order valence-electron chi connectivity index (χ2n) is 6.91. The van der Waals surface area contributed by atoms with Crippen LogP contribution in [0, 0.1) is 6.92 Å². The lowest BCUT2D eigenvalue weighted by molar-refractivity contribution is -0.114. The minimum absolute atomic E-state index is 0.111. The van der Waals surface area contributed by atoms with E-state index in [1.807, 2.05) is 0 Å². The van der Waals surface area contributed by atoms with Gasteiger partial charge in [0.25, 0.3) is 10.0 Å². The zero-order valence-corrected chi connectivity index (χ0v) is 21.2. The first-order valence-corrected chi connectivity index (χ1v) is 12.4. The summed E-state index contributed by atoms with van der Waals surface area (Å²) in [6.45, 7) is 1.15. The molecule has 6 nitrogen and oxygen atoms in total. The molecule has 33 heavy (non-hydrogen) atoms. The molecule has 0 heterocycles. The molecule has 0 saturated heterocycles. The van der Waals surface area contributed by atoms with E-state index in [1.165, 1.54) is 31.4 Å². The van der Waals surface area contributed by atoms with Crippen molar-refractivity contribution >= 4 is 73.7 Å². The van der Waals surface area contributed by atoms with Gasteiger partial charge in [-0.2, -0.15) is 0 Å². The maximum atomic E-state index is 13.7. The predicted molar refractivity (Wildman–Crippen MR) is 134 cm³/mol. The summed E-state index contributed by atoms with van der Waals surface area (Å²) in [5, 5.41) is 3.35. The van der Waals surface area contributed by atoms with Crippen LogP contribution in [-0.2, 0) is 14.8 Å². The van der Waals surface area contributed by atoms with Crippen LogP contribution in [0.3, 0.4) is 0 Å². The lowest BCUT2D eigenvalue weighted by atomic mass is 10.2. The summed E-state index contributed by atoms with van der Waals surface area (Å²) >= 11 is 24.4. The predicted octanol–water partition coefficient (Wildman–Crippen LogP) is 6.45. The van der Waals surface area contributed by atoms with Gasteiger partial charge in [-0.3, -0.25) is 9.10 Å². The Hall–Kier alpha value is -2.16. The summed E-state index contributed by atoms with van der Waals surface area (Å²) in [6, 6.07) is 13.7. The van der Waals surface area contributed by atoms with Crippen molar-refractivity contribution in [3.05, 3.63) is 80.3 Å². The van der Waals surface area contributed by atoms with Gasteiger partial charge in [-0.05, 0) is 55.0 Å². The van der Waals surface area contributed by atoms with Crippen LogP contribution in [0.25, 0.3) is 0 Å². The molecule has 0 fully saturated rings. The topological polar surface area (TPSA) is 75.7 Å². The average molecular weight is 548 g/mol. The Labute approximate surface area is 212 Å². The van der Waals surface area contributed by atoms with Crippen molar-refractivity contribution in [2.75, 3.05) is 23.3 Å². The number of halogens is 4. The summed E-state index contributed by atoms with van der Waals surface area (Å²) in [7, 11) is -2.92. The summed E-state index contributed by atoms with van der Waals surface area (Å²) in [5.74, 6) is -0.550. The van der Waals surface area contributed by atoms with Crippen molar-refractivity contribution in [3.8, 4) is 5.75 Å². The second-order valence-corrected chi connectivity index (χ2v) is 10.4. The number of aryl methyl sites for hydroxylation is 1. The number of nitrogens with one attached hydrogen (secondary N) is 1. The second kappa shape index (κ2) is 10.4. The molecule has 0 saturated carbocycles. The van der Waals surface area contributed by atoms with E-state index in [1.54, 1.807) is 37.3 Å². The number of rotatable bonds is 7. The number of carbonyl (C=O) groups excluding carboxylic acids is 1. The number of carbonyl (C=O) groups is 1. The Bertz CT molecular complexity index is 1300. The number of benzene rings is 3. The van der Waals surface area contributed by atoms with E-state index in [-0.39, 0.29) is 42.1 Å². The van der Waals surface area contributed by atoms with E-state index < -0.39 is 22.5 Å². The third-order valence-electron chi connectivity index (χ3n) is 4.59. The van der Waals surface area contributed by atoms with E-state index in [0.717, 1.165) is 4.31 Å². The normalized spacial score (nSPS) is 11.2. The highest BCUT2D eigenvalue weighted by Crippen LogP contribution is 2.34. The molecule has 0 atom stereocenters. The molecule has 3 rings (SSSR count). The zero-order chi connectivity index (χ0) is 24.3. The van der Waals surface area contributed by atoms with Crippen LogP contribution in [0.1, 0.15) is 5.56 Å². The zero-order valence-electron chi connectivity index (χ0n) is 17.4. The van der Waals surface area contributed by atoms with Crippen LogP contribution >= 0.6 is 46.4 Å². The maximum Gasteiger partial charge on any atom is 0.268 e. The first-order chi connectivity index (χ1) is 15.5. The van der Waals surface area contributed by atoms with Gasteiger partial charge < -0.3 is 10.1 Å². The smallest absolute Gasteiger partial charge is 0.268 e. The largest absolute Gasteiger partial charge is 0.495 e. The summed E-state index contributed by atoms with van der Waals surface area (Å²) in [4.78, 5) is 12.8. The lowest BCUT2D eigenvalue weighted by Gasteiger charge is -2.25. The van der Waals surface area contributed by atoms with E-state index in [0.29, 0.717) is 5.56 Å². The van der Waals surface area contributed by atoms with Gasteiger partial charge in [0.1, 0.15) is 17.2 Å². The van der Waals surface area contributed by atoms with Gasteiger partial charge in [-0.15, -0.1) is 0 Å². The van der Waals surface area contributed by atoms with Gasteiger partial charge in [0.15, 0.2) is 0 Å². The standard InChI is InChI=1S/C22H18Cl4N2O4S/c1-13-6-9-19(32-2)20(10-13)33(30,31)28(14-7-8-15(23)18(26)11-14)12-21(29)27-22-16(24)4-3-5-17(22)25/h3-11H,12H2,1-2H3,(H,27,29). The monoisotopic (exact) mass is 546 g/mol. The number of hydrogen-bond donors (Lipinski definition) is 1. The number of para-hydroxylation sites is 1. The summed E-state index contributed by atoms with van der Waals surface area (Å²) in [5.41, 5.74) is 0.995. The van der Waals surface area contributed by atoms with Gasteiger partial charge in [0.2, 0.25) is 5.91 Å². The molecule has 0 radical (unpaired) electrons. The molecule has 1 N–H and O–H groups in total. The minimum atomic E-state index is -4.28. The van der Waals surface area contributed by atoms with Gasteiger partial charge in [-0.1, -0.05) is 58.5 Å². The van der Waals surface area contributed by atoms with Gasteiger partial charge in [0, 0.05) is 0 Å². The Morgan fingerprint density at radius 3 is 2.21 bits per heavy atom. The lowest BCUT2D eigenvalue weighted by Crippen LogP contribution is -2.38. The van der Waals surface area contributed by atoms with Crippen molar-refractivity contribution in [2.24, 2.45) is 0 Å². The molecule has 0 aliphatic heterocycles. The molecule has 174 valence electrons. The van der Waals surface area contributed by atoms with Crippen LogP contribution in [0.15, 0.2) is 59.5 Å². The fourth-order valence-electron chi connectivity index (χ4n) is 2.99. The van der Waals surface area contributed by atoms with Crippen molar-refractivity contribution in [1.82, 2.24) is 0 Å². The molecular formula is C22H18Cl4N2O4S. The number of methoxy groups -OCH3 is 1. The molecule has 3 aromatic rings. The summed E-state index contributed by atoms with van der Waals surface area (Å²) in [6.07, 6.45) is 0. The Kier molecular flexibility index (Phi) is 8.03. The quantitative estimate of drug-likeness (QED) is 0.368. The van der Waals surface area contributed by atoms with Gasteiger partial charge >= 0.3 is 0 Å². The number of amides is 1. The first kappa shape index (κ1) is 25.5. The van der Waals surface area contributed by atoms with Crippen LogP contribution < -0.4 is 14.4 Å². The van der Waals surface area contributed by atoms with Crippen LogP contribution in [0.4, 0.5) is 11.4 Å². The number of nitrogens with zero attached hydrogens (tertiary/aromatic N) is 1. The molecular weight excluding hydrogens is 530 g/mol. The number of anilines is 2. The van der Waals surface area contributed by atoms with E-state index in [9.17, 15) is 13.2 Å². The molecule has 1 amide bonds. The third-order valence-corrected chi connectivity index (χ3v) is 7.76. The maximum absolute atomic E-state index is 13.7. The van der Waals surface area contributed by atoms with Crippen LogP contribution in [-0.4, -0.2) is 28.0 Å². The molecule has 0 aliphatic rings. The number of hydrogen-bond acceptors (Lipinski definition) is 4. The van der Waals surface area contributed by atoms with E-state index in [4.69, 9.17) is 51.1 Å². The van der Waals surface area contributed by atoms with E-state index >= 15 is 0 Å². The molecule has 11 heteroatoms. The van der Waals surface area contributed by atoms with Gasteiger partial charge in [0.05, 0.1) is 38.6 Å². The SMILES string of the molecule is COc1ccc(C)cc1S(=O)(=O)N(CC(=O)Nc1c(Cl)cccc1Cl)c1ccc(Cl)c(Cl)c1. The minimum Gasteiger partial charge on any atom is -0.495 e. The molecule has 0 unspecified atom stereocenters. The molecule has 3 aromatic carbocycles. The van der Waals surface area contributed by atoms with Gasteiger partial charge in [-0.25, -0.2) is 8.42 Å². The average Bonchev–Trinajstić information content (AvgIpc) is 2.76. The number of ether oxygens (including phenoxy) is 1. The van der Waals surface area contributed by atoms with E-state index in [2.05, 4.69) is 5.32 Å². The van der Waals surface area contributed by atoms with Crippen LogP contribution in [0.2, 0.25) is 20.1 Å². The Balaban J connectivity index is 2.08.